The number of benzene rings is 2. The number of ketones is 1. The van der Waals surface area contributed by atoms with Crippen molar-refractivity contribution in [1.82, 2.24) is 0 Å². The van der Waals surface area contributed by atoms with Gasteiger partial charge < -0.3 is 20.2 Å². The fourth-order valence-corrected chi connectivity index (χ4v) is 5.69. The van der Waals surface area contributed by atoms with Gasteiger partial charge in [0.1, 0.15) is 15.9 Å². The molecule has 198 valence electrons. The van der Waals surface area contributed by atoms with Crippen LogP contribution in [0.4, 0.5) is 11.4 Å². The fraction of sp³-hybridized carbons (Fsp3) is 0.231. The Morgan fingerprint density at radius 3 is 2.35 bits per heavy atom. The molecule has 0 saturated carbocycles. The summed E-state index contributed by atoms with van der Waals surface area (Å²) in [6.45, 7) is 7.51. The van der Waals surface area contributed by atoms with Gasteiger partial charge in [-0.1, -0.05) is 27.7 Å². The Kier molecular flexibility index (Phi) is 10.8. The Hall–Kier alpha value is 0.0127. The molecular weight excluding hydrogens is 611 g/mol. The van der Waals surface area contributed by atoms with Crippen LogP contribution in [0, 0.1) is 0 Å². The van der Waals surface area contributed by atoms with Gasteiger partial charge >= 0.3 is 103 Å². The maximum Gasteiger partial charge on any atom is 1.00 e. The second-order valence-electron chi connectivity index (χ2n) is 10.1. The minimum Gasteiger partial charge on any atom is -0.744 e. The van der Waals surface area contributed by atoms with Gasteiger partial charge in [-0.3, -0.25) is 14.8 Å². The predicted molar refractivity (Wildman–Crippen MR) is 136 cm³/mol. The number of rotatable bonds is 6. The van der Waals surface area contributed by atoms with Crippen LogP contribution < -0.4 is 113 Å². The smallest absolute Gasteiger partial charge is 0.744 e. The Bertz CT molecular complexity index is 1640. The molecule has 2 heterocycles. The van der Waals surface area contributed by atoms with E-state index in [2.05, 4.69) is 19.7 Å². The molecule has 3 aliphatic rings. The van der Waals surface area contributed by atoms with Crippen molar-refractivity contribution in [3.05, 3.63) is 82.3 Å². The molecule has 5 rings (SSSR count). The number of fused-ring (bicyclic) bond motifs is 2. The second kappa shape index (κ2) is 12.6. The zero-order chi connectivity index (χ0) is 27.6. The van der Waals surface area contributed by atoms with Crippen LogP contribution in [-0.2, 0) is 35.1 Å². The van der Waals surface area contributed by atoms with Crippen molar-refractivity contribution in [3.8, 4) is 0 Å². The number of nitrogens with one attached hydrogen (secondary N) is 1. The molecule has 0 atom stereocenters. The minimum atomic E-state index is -4.63. The van der Waals surface area contributed by atoms with Gasteiger partial charge in [0.25, 0.3) is 0 Å². The number of carbonyl (C=O) groups excluding carboxylic acids is 1. The van der Waals surface area contributed by atoms with E-state index in [9.17, 15) is 28.1 Å². The van der Waals surface area contributed by atoms with E-state index in [1.807, 2.05) is 33.8 Å². The first kappa shape index (κ1) is 34.5. The SMILES string of the molecule is CC1(C)C(C=C2C(=O)C(C=C3Nc4ccc(S(=O)(=O)[O-])cc4C3(C)C)=C2O)=Nc2ccc(SOO[O-])cc21.[K+].[K+]. The van der Waals surface area contributed by atoms with E-state index in [1.54, 1.807) is 18.2 Å². The van der Waals surface area contributed by atoms with Crippen molar-refractivity contribution < 1.29 is 140 Å². The average molecular weight is 633 g/mol. The first-order valence-corrected chi connectivity index (χ1v) is 13.6. The van der Waals surface area contributed by atoms with E-state index in [0.29, 0.717) is 33.2 Å². The molecule has 0 fully saturated rings. The van der Waals surface area contributed by atoms with Gasteiger partial charge in [-0.2, -0.15) is 4.33 Å². The Morgan fingerprint density at radius 2 is 1.73 bits per heavy atom. The van der Waals surface area contributed by atoms with Crippen LogP contribution in [0.3, 0.4) is 0 Å². The van der Waals surface area contributed by atoms with Gasteiger partial charge in [-0.25, -0.2) is 8.42 Å². The Balaban J connectivity index is 0.00000220. The third-order valence-corrected chi connectivity index (χ3v) is 8.55. The molecule has 0 radical (unpaired) electrons. The van der Waals surface area contributed by atoms with Crippen LogP contribution in [0.15, 0.2) is 85.9 Å². The topological polar surface area (TPSA) is 160 Å². The molecule has 0 aromatic heterocycles. The minimum absolute atomic E-state index is 0. The third-order valence-electron chi connectivity index (χ3n) is 7.15. The van der Waals surface area contributed by atoms with Gasteiger partial charge in [0.05, 0.1) is 39.5 Å². The largest absolute Gasteiger partial charge is 1.00 e. The molecule has 2 N–H and O–H groups in total. The molecule has 0 bridgehead atoms. The number of nitrogens with zero attached hydrogens (tertiary/aromatic N) is 1. The van der Waals surface area contributed by atoms with Gasteiger partial charge in [-0.15, -0.1) is 0 Å². The molecule has 1 aliphatic carbocycles. The van der Waals surface area contributed by atoms with Crippen molar-refractivity contribution in [2.45, 2.75) is 48.3 Å². The van der Waals surface area contributed by atoms with E-state index in [-0.39, 0.29) is 130 Å². The number of hydrogen-bond acceptors (Lipinski definition) is 11. The monoisotopic (exact) mass is 632 g/mol. The summed E-state index contributed by atoms with van der Waals surface area (Å²) >= 11 is 0.771. The summed E-state index contributed by atoms with van der Waals surface area (Å²) in [6, 6.07) is 9.37. The Labute approximate surface area is 321 Å². The molecule has 2 aromatic carbocycles. The molecule has 2 aliphatic heterocycles. The van der Waals surface area contributed by atoms with E-state index >= 15 is 0 Å². The van der Waals surface area contributed by atoms with Crippen molar-refractivity contribution in [2.24, 2.45) is 4.99 Å². The molecule has 0 amide bonds. The number of Topliss-reactive ketones (excluding diaryl/α,β-unsaturated/α-hetero) is 1. The first-order chi connectivity index (χ1) is 17.7. The van der Waals surface area contributed by atoms with Crippen molar-refractivity contribution in [2.75, 3.05) is 5.32 Å². The number of allylic oxidation sites excluding steroid dienone is 5. The maximum atomic E-state index is 13.1. The average Bonchev–Trinajstić information content (AvgIpc) is 3.26. The number of aliphatic hydroxyl groups is 1. The standard InChI is InChI=1S/C26H24N2O8S2.2K/c1-25(2)17-9-13(37-36-35-31)5-7-19(17)27-21(25)11-15-23(29)16(24(15)30)12-22-26(3,4)18-10-14(38(32,33)34)6-8-20(18)28-22;;/h5-12,28-29,31H,1-4H3,(H,32,33,34);;/q;2*+1/p-2. The van der Waals surface area contributed by atoms with Crippen LogP contribution in [0.25, 0.3) is 0 Å². The zero-order valence-corrected chi connectivity index (χ0v) is 30.6. The Morgan fingerprint density at radius 1 is 1.02 bits per heavy atom. The van der Waals surface area contributed by atoms with Crippen LogP contribution in [0.1, 0.15) is 38.8 Å². The van der Waals surface area contributed by atoms with Crippen molar-refractivity contribution in [3.63, 3.8) is 0 Å². The van der Waals surface area contributed by atoms with Crippen LogP contribution in [-0.4, -0.2) is 29.6 Å². The van der Waals surface area contributed by atoms with Crippen LogP contribution >= 0.6 is 12.0 Å². The quantitative estimate of drug-likeness (QED) is 0.0894. The van der Waals surface area contributed by atoms with E-state index in [4.69, 9.17) is 0 Å². The molecule has 0 saturated heterocycles. The maximum absolute atomic E-state index is 13.1. The van der Waals surface area contributed by atoms with Crippen molar-refractivity contribution in [1.29, 1.82) is 0 Å². The van der Waals surface area contributed by atoms with Crippen LogP contribution in [0.5, 0.6) is 0 Å². The van der Waals surface area contributed by atoms with Gasteiger partial charge in [0.15, 0.2) is 0 Å². The van der Waals surface area contributed by atoms with Crippen LogP contribution in [0.2, 0.25) is 0 Å². The molecular formula is C26H22K2N2O8S2. The number of anilines is 1. The molecule has 2 aromatic rings. The molecule has 0 unspecified atom stereocenters. The summed E-state index contributed by atoms with van der Waals surface area (Å²) in [4.78, 5) is 18.0. The molecule has 40 heavy (non-hydrogen) atoms. The van der Waals surface area contributed by atoms with E-state index < -0.39 is 20.9 Å². The number of carbonyl (C=O) groups is 1. The summed E-state index contributed by atoms with van der Waals surface area (Å²) in [7, 11) is -4.63. The van der Waals surface area contributed by atoms with Gasteiger partial charge in [0.2, 0.25) is 5.78 Å². The fourth-order valence-electron chi connectivity index (χ4n) is 4.80. The second-order valence-corrected chi connectivity index (χ2v) is 12.3. The summed E-state index contributed by atoms with van der Waals surface area (Å²) in [5.41, 5.74) is 2.80. The summed E-state index contributed by atoms with van der Waals surface area (Å²) in [6.07, 6.45) is 3.11. The van der Waals surface area contributed by atoms with Gasteiger partial charge in [0, 0.05) is 27.1 Å². The zero-order valence-electron chi connectivity index (χ0n) is 22.7. The number of hydrogen-bond donors (Lipinski definition) is 2. The van der Waals surface area contributed by atoms with E-state index in [1.165, 1.54) is 24.3 Å². The summed E-state index contributed by atoms with van der Waals surface area (Å²) in [5, 5.41) is 27.5. The molecule has 14 heteroatoms. The third kappa shape index (κ3) is 6.15. The normalized spacial score (nSPS) is 20.2. The summed E-state index contributed by atoms with van der Waals surface area (Å²) < 4.78 is 38.8. The van der Waals surface area contributed by atoms with Crippen molar-refractivity contribution >= 4 is 45.0 Å². The first-order valence-electron chi connectivity index (χ1n) is 11.4. The molecule has 10 nitrogen and oxygen atoms in total. The summed E-state index contributed by atoms with van der Waals surface area (Å²) in [5.74, 6) is -0.538. The van der Waals surface area contributed by atoms with E-state index in [0.717, 1.165) is 17.6 Å². The van der Waals surface area contributed by atoms with Gasteiger partial charge in [-0.05, 0) is 59.7 Å². The number of aliphatic hydroxyl groups excluding tert-OH is 1. The predicted octanol–water partition coefficient (Wildman–Crippen LogP) is -2.20. The molecule has 0 spiro atoms. The number of aliphatic imine (C=N–C) groups is 1.